The minimum atomic E-state index is 0.0255. The third kappa shape index (κ3) is 3.86. The molecule has 0 aliphatic heterocycles. The summed E-state index contributed by atoms with van der Waals surface area (Å²) < 4.78 is 0. The highest BCUT2D eigenvalue weighted by Gasteiger charge is 2.62. The Morgan fingerprint density at radius 2 is 1.61 bits per heavy atom. The maximum absolute atomic E-state index is 13.3. The molecular weight excluding hydrogens is 380 g/mol. The van der Waals surface area contributed by atoms with Crippen LogP contribution in [0, 0.1) is 58.2 Å². The molecule has 31 heavy (non-hydrogen) atoms. The molecule has 4 fully saturated rings. The first-order chi connectivity index (χ1) is 14.6. The van der Waals surface area contributed by atoms with Crippen molar-refractivity contribution in [1.82, 2.24) is 0 Å². The first-order valence-electron chi connectivity index (χ1n) is 13.7. The summed E-state index contributed by atoms with van der Waals surface area (Å²) in [6.07, 6.45) is 12.4. The zero-order valence-corrected chi connectivity index (χ0v) is 21.2. The van der Waals surface area contributed by atoms with E-state index in [0.717, 1.165) is 42.4 Å². The molecule has 0 heterocycles. The van der Waals surface area contributed by atoms with Crippen LogP contribution in [0.4, 0.5) is 0 Å². The fraction of sp³-hybridized carbons (Fsp3) is 0.931. The summed E-state index contributed by atoms with van der Waals surface area (Å²) in [5, 5.41) is 0. The van der Waals surface area contributed by atoms with E-state index in [1.807, 2.05) is 0 Å². The van der Waals surface area contributed by atoms with Crippen LogP contribution in [0.2, 0.25) is 0 Å². The summed E-state index contributed by atoms with van der Waals surface area (Å²) in [6.45, 7) is 14.7. The van der Waals surface area contributed by atoms with Crippen molar-refractivity contribution in [3.05, 3.63) is 0 Å². The highest BCUT2D eigenvalue weighted by Crippen LogP contribution is 2.67. The molecule has 0 N–H and O–H groups in total. The molecule has 4 aliphatic rings. The molecule has 0 saturated heterocycles. The monoisotopic (exact) mass is 428 g/mol. The minimum Gasteiger partial charge on any atom is -0.300 e. The second-order valence-electron chi connectivity index (χ2n) is 13.0. The lowest BCUT2D eigenvalue weighted by molar-refractivity contribution is -0.159. The highest BCUT2D eigenvalue weighted by atomic mass is 16.1. The summed E-state index contributed by atoms with van der Waals surface area (Å²) in [5.41, 5.74) is 0.513. The molecule has 1 unspecified atom stereocenters. The van der Waals surface area contributed by atoms with Crippen molar-refractivity contribution in [3.8, 4) is 0 Å². The van der Waals surface area contributed by atoms with Gasteiger partial charge in [-0.05, 0) is 90.8 Å². The van der Waals surface area contributed by atoms with E-state index in [-0.39, 0.29) is 11.3 Å². The second-order valence-corrected chi connectivity index (χ2v) is 13.0. The van der Waals surface area contributed by atoms with E-state index >= 15 is 0 Å². The molecule has 0 aromatic carbocycles. The molecular formula is C29H48O2. The van der Waals surface area contributed by atoms with Crippen molar-refractivity contribution in [2.45, 2.75) is 112 Å². The van der Waals surface area contributed by atoms with Crippen LogP contribution in [0.3, 0.4) is 0 Å². The highest BCUT2D eigenvalue weighted by molar-refractivity contribution is 5.90. The molecule has 176 valence electrons. The lowest BCUT2D eigenvalue weighted by Gasteiger charge is -2.59. The standard InChI is InChI=1S/C29H48O2/c1-7-20(18(2)3)9-8-19(4)23-10-11-24-22-17-27(31)26-16-21(30)12-14-29(26,6)25(22)13-15-28(23,24)5/h18-20,22-26H,7-17H2,1-6H3/t19-,20?,22+,23-,24-,25-,26-,28+,29-/m0/s1. The molecule has 4 rings (SSSR count). The lowest BCUT2D eigenvalue weighted by atomic mass is 9.44. The topological polar surface area (TPSA) is 34.1 Å². The van der Waals surface area contributed by atoms with Crippen molar-refractivity contribution in [2.75, 3.05) is 0 Å². The SMILES string of the molecule is CCC(CC[C@H](C)[C@@H]1CC[C@H]2[C@H]3CC(=O)[C@@H]4CC(=O)CC[C@@]4(C)[C@H]3CC[C@@]21C)C(C)C. The number of rotatable bonds is 6. The molecule has 0 spiro atoms. The van der Waals surface area contributed by atoms with Crippen LogP contribution in [0.5, 0.6) is 0 Å². The van der Waals surface area contributed by atoms with Crippen molar-refractivity contribution >= 4 is 11.6 Å². The quantitative estimate of drug-likeness (QED) is 0.439. The summed E-state index contributed by atoms with van der Waals surface area (Å²) in [5.74, 6) is 6.05. The van der Waals surface area contributed by atoms with Crippen LogP contribution < -0.4 is 0 Å². The van der Waals surface area contributed by atoms with Crippen LogP contribution in [-0.2, 0) is 9.59 Å². The largest absolute Gasteiger partial charge is 0.300 e. The van der Waals surface area contributed by atoms with E-state index in [0.29, 0.717) is 41.7 Å². The number of Topliss-reactive ketones (excluding diaryl/α,β-unsaturated/α-hetero) is 2. The first-order valence-corrected chi connectivity index (χ1v) is 13.7. The van der Waals surface area contributed by atoms with Crippen LogP contribution in [0.15, 0.2) is 0 Å². The van der Waals surface area contributed by atoms with Crippen LogP contribution in [-0.4, -0.2) is 11.6 Å². The summed E-state index contributed by atoms with van der Waals surface area (Å²) in [6, 6.07) is 0. The number of hydrogen-bond donors (Lipinski definition) is 0. The second kappa shape index (κ2) is 8.60. The van der Waals surface area contributed by atoms with E-state index in [1.165, 1.54) is 44.9 Å². The number of carbonyl (C=O) groups excluding carboxylic acids is 2. The van der Waals surface area contributed by atoms with Crippen molar-refractivity contribution in [1.29, 1.82) is 0 Å². The van der Waals surface area contributed by atoms with Gasteiger partial charge in [0.25, 0.3) is 0 Å². The Morgan fingerprint density at radius 3 is 2.29 bits per heavy atom. The van der Waals surface area contributed by atoms with Gasteiger partial charge in [-0.3, -0.25) is 9.59 Å². The van der Waals surface area contributed by atoms with Gasteiger partial charge in [-0.1, -0.05) is 54.4 Å². The number of carbonyl (C=O) groups is 2. The third-order valence-corrected chi connectivity index (χ3v) is 11.5. The Labute approximate surface area is 191 Å². The van der Waals surface area contributed by atoms with E-state index < -0.39 is 0 Å². The smallest absolute Gasteiger partial charge is 0.137 e. The average molecular weight is 429 g/mol. The average Bonchev–Trinajstić information content (AvgIpc) is 3.07. The Morgan fingerprint density at radius 1 is 0.903 bits per heavy atom. The Hall–Kier alpha value is -0.660. The van der Waals surface area contributed by atoms with Gasteiger partial charge in [-0.2, -0.15) is 0 Å². The van der Waals surface area contributed by atoms with E-state index in [4.69, 9.17) is 0 Å². The molecule has 0 radical (unpaired) electrons. The Kier molecular flexibility index (Phi) is 6.52. The summed E-state index contributed by atoms with van der Waals surface area (Å²) >= 11 is 0. The maximum Gasteiger partial charge on any atom is 0.137 e. The number of hydrogen-bond acceptors (Lipinski definition) is 2. The Balaban J connectivity index is 1.49. The fourth-order valence-electron chi connectivity index (χ4n) is 9.50. The van der Waals surface area contributed by atoms with Gasteiger partial charge in [0.05, 0.1) is 0 Å². The van der Waals surface area contributed by atoms with Gasteiger partial charge in [-0.15, -0.1) is 0 Å². The van der Waals surface area contributed by atoms with E-state index in [9.17, 15) is 9.59 Å². The van der Waals surface area contributed by atoms with Gasteiger partial charge in [0.1, 0.15) is 11.6 Å². The number of ketones is 2. The molecule has 0 aromatic rings. The first kappa shape index (κ1) is 23.5. The van der Waals surface area contributed by atoms with Gasteiger partial charge in [0.15, 0.2) is 0 Å². The van der Waals surface area contributed by atoms with Gasteiger partial charge in [-0.25, -0.2) is 0 Å². The third-order valence-electron chi connectivity index (χ3n) is 11.5. The molecule has 4 aliphatic carbocycles. The van der Waals surface area contributed by atoms with Crippen molar-refractivity contribution in [2.24, 2.45) is 58.2 Å². The normalized spacial score (nSPS) is 44.5. The van der Waals surface area contributed by atoms with E-state index in [1.54, 1.807) is 0 Å². The van der Waals surface area contributed by atoms with Gasteiger partial charge >= 0.3 is 0 Å². The summed E-state index contributed by atoms with van der Waals surface area (Å²) in [7, 11) is 0. The van der Waals surface area contributed by atoms with Gasteiger partial charge < -0.3 is 0 Å². The molecule has 2 heteroatoms. The molecule has 9 atom stereocenters. The zero-order chi connectivity index (χ0) is 22.6. The predicted octanol–water partition coefficient (Wildman–Crippen LogP) is 7.49. The van der Waals surface area contributed by atoms with Crippen LogP contribution >= 0.6 is 0 Å². The molecule has 2 nitrogen and oxygen atoms in total. The van der Waals surface area contributed by atoms with Crippen LogP contribution in [0.1, 0.15) is 112 Å². The molecule has 4 saturated carbocycles. The lowest BCUT2D eigenvalue weighted by Crippen LogP contribution is -2.56. The van der Waals surface area contributed by atoms with Crippen molar-refractivity contribution in [3.63, 3.8) is 0 Å². The Bertz CT molecular complexity index is 695. The number of fused-ring (bicyclic) bond motifs is 5. The van der Waals surface area contributed by atoms with Crippen molar-refractivity contribution < 1.29 is 9.59 Å². The molecule has 0 amide bonds. The van der Waals surface area contributed by atoms with Gasteiger partial charge in [0, 0.05) is 25.2 Å². The van der Waals surface area contributed by atoms with Crippen LogP contribution in [0.25, 0.3) is 0 Å². The zero-order valence-electron chi connectivity index (χ0n) is 21.2. The molecule has 0 bridgehead atoms. The minimum absolute atomic E-state index is 0.0255. The fourth-order valence-corrected chi connectivity index (χ4v) is 9.50. The summed E-state index contributed by atoms with van der Waals surface area (Å²) in [4.78, 5) is 25.4. The maximum atomic E-state index is 13.3. The molecule has 0 aromatic heterocycles. The predicted molar refractivity (Wildman–Crippen MR) is 128 cm³/mol. The van der Waals surface area contributed by atoms with E-state index in [2.05, 4.69) is 41.5 Å². The van der Waals surface area contributed by atoms with Gasteiger partial charge in [0.2, 0.25) is 0 Å².